The SMILES string of the molecule is Cc1cccc(CN(C(=O)CN(c2cccc(Cl)c2Cl)S(C)(=O)=O)[C@H](Cc2ccccc2)C(=O)NCC(C)C)c1. The molecule has 3 aromatic carbocycles. The Bertz CT molecular complexity index is 1430. The van der Waals surface area contributed by atoms with Gasteiger partial charge in [-0.25, -0.2) is 8.42 Å². The summed E-state index contributed by atoms with van der Waals surface area (Å²) in [5.74, 6) is -0.665. The average Bonchev–Trinajstić information content (AvgIpc) is 2.89. The standard InChI is InChI=1S/C30H35Cl2N3O4S/c1-21(2)18-33-30(37)27(17-23-11-6-5-7-12-23)34(19-24-13-8-10-22(3)16-24)28(36)20-35(40(4,38)39)26-15-9-14-25(31)29(26)32/h5-16,21,27H,17-20H2,1-4H3,(H,33,37)/t27-/m1/s1. The summed E-state index contributed by atoms with van der Waals surface area (Å²) in [7, 11) is -3.95. The van der Waals surface area contributed by atoms with Crippen molar-refractivity contribution in [2.75, 3.05) is 23.7 Å². The fraction of sp³-hybridized carbons (Fsp3) is 0.333. The van der Waals surface area contributed by atoms with Gasteiger partial charge in [-0.05, 0) is 36.1 Å². The molecule has 1 atom stereocenters. The Morgan fingerprint density at radius 3 is 2.20 bits per heavy atom. The highest BCUT2D eigenvalue weighted by molar-refractivity contribution is 7.92. The molecule has 214 valence electrons. The van der Waals surface area contributed by atoms with Gasteiger partial charge in [-0.1, -0.05) is 103 Å². The summed E-state index contributed by atoms with van der Waals surface area (Å²) in [5, 5.41) is 3.14. The van der Waals surface area contributed by atoms with Crippen molar-refractivity contribution in [3.8, 4) is 0 Å². The quantitative estimate of drug-likeness (QED) is 0.297. The van der Waals surface area contributed by atoms with Crippen LogP contribution in [-0.4, -0.2) is 50.5 Å². The zero-order valence-corrected chi connectivity index (χ0v) is 25.4. The van der Waals surface area contributed by atoms with Crippen molar-refractivity contribution in [1.29, 1.82) is 0 Å². The van der Waals surface area contributed by atoms with Crippen LogP contribution in [0.3, 0.4) is 0 Å². The van der Waals surface area contributed by atoms with Crippen molar-refractivity contribution in [2.24, 2.45) is 5.92 Å². The minimum Gasteiger partial charge on any atom is -0.354 e. The van der Waals surface area contributed by atoms with Gasteiger partial charge in [0.2, 0.25) is 21.8 Å². The van der Waals surface area contributed by atoms with E-state index in [2.05, 4.69) is 5.32 Å². The first-order valence-corrected chi connectivity index (χ1v) is 15.6. The van der Waals surface area contributed by atoms with E-state index in [1.54, 1.807) is 6.07 Å². The molecule has 3 rings (SSSR count). The summed E-state index contributed by atoms with van der Waals surface area (Å²) >= 11 is 12.5. The number of rotatable bonds is 12. The second kappa shape index (κ2) is 14.0. The molecule has 0 bridgehead atoms. The number of anilines is 1. The van der Waals surface area contributed by atoms with E-state index in [1.807, 2.05) is 75.4 Å². The molecule has 3 aromatic rings. The molecular weight excluding hydrogens is 569 g/mol. The minimum atomic E-state index is -3.95. The number of hydrogen-bond acceptors (Lipinski definition) is 4. The maximum Gasteiger partial charge on any atom is 0.244 e. The van der Waals surface area contributed by atoms with Crippen molar-refractivity contribution in [2.45, 2.75) is 39.8 Å². The zero-order chi connectivity index (χ0) is 29.4. The van der Waals surface area contributed by atoms with E-state index in [4.69, 9.17) is 23.2 Å². The van der Waals surface area contributed by atoms with E-state index >= 15 is 0 Å². The van der Waals surface area contributed by atoms with Crippen molar-refractivity contribution in [3.63, 3.8) is 0 Å². The molecule has 0 spiro atoms. The van der Waals surface area contributed by atoms with Crippen LogP contribution in [0.4, 0.5) is 5.69 Å². The Labute approximate surface area is 247 Å². The summed E-state index contributed by atoms with van der Waals surface area (Å²) in [6.45, 7) is 5.90. The third kappa shape index (κ3) is 8.71. The fourth-order valence-electron chi connectivity index (χ4n) is 4.26. The number of aryl methyl sites for hydroxylation is 1. The van der Waals surface area contributed by atoms with Crippen molar-refractivity contribution in [1.82, 2.24) is 10.2 Å². The highest BCUT2D eigenvalue weighted by Gasteiger charge is 2.33. The van der Waals surface area contributed by atoms with E-state index in [0.717, 1.165) is 27.3 Å². The van der Waals surface area contributed by atoms with Crippen molar-refractivity contribution in [3.05, 3.63) is 99.5 Å². The summed E-state index contributed by atoms with van der Waals surface area (Å²) in [6.07, 6.45) is 1.25. The number of carbonyl (C=O) groups excluding carboxylic acids is 2. The van der Waals surface area contributed by atoms with E-state index in [9.17, 15) is 18.0 Å². The molecule has 2 amide bonds. The number of halogens is 2. The predicted octanol–water partition coefficient (Wildman–Crippen LogP) is 5.48. The fourth-order valence-corrected chi connectivity index (χ4v) is 5.57. The van der Waals surface area contributed by atoms with Crippen LogP contribution in [0.2, 0.25) is 10.0 Å². The number of nitrogens with zero attached hydrogens (tertiary/aromatic N) is 2. The molecule has 0 radical (unpaired) electrons. The van der Waals surface area contributed by atoms with E-state index in [0.29, 0.717) is 6.54 Å². The van der Waals surface area contributed by atoms with Crippen LogP contribution >= 0.6 is 23.2 Å². The molecule has 0 saturated carbocycles. The third-order valence-electron chi connectivity index (χ3n) is 6.27. The van der Waals surface area contributed by atoms with Crippen LogP contribution in [0.15, 0.2) is 72.8 Å². The monoisotopic (exact) mass is 603 g/mol. The molecule has 0 heterocycles. The summed E-state index contributed by atoms with van der Waals surface area (Å²) < 4.78 is 26.7. The molecule has 0 saturated heterocycles. The summed E-state index contributed by atoms with van der Waals surface area (Å²) in [4.78, 5) is 29.2. The van der Waals surface area contributed by atoms with Crippen LogP contribution in [0, 0.1) is 12.8 Å². The Balaban J connectivity index is 2.07. The maximum absolute atomic E-state index is 14.1. The molecule has 0 unspecified atom stereocenters. The number of sulfonamides is 1. The second-order valence-corrected chi connectivity index (χ2v) is 12.9. The molecule has 0 aliphatic carbocycles. The van der Waals surface area contributed by atoms with Crippen LogP contribution in [-0.2, 0) is 32.6 Å². The van der Waals surface area contributed by atoms with Gasteiger partial charge in [0.1, 0.15) is 12.6 Å². The van der Waals surface area contributed by atoms with Gasteiger partial charge in [0, 0.05) is 19.5 Å². The van der Waals surface area contributed by atoms with Crippen molar-refractivity contribution >= 4 is 50.7 Å². The van der Waals surface area contributed by atoms with E-state index in [1.165, 1.54) is 17.0 Å². The minimum absolute atomic E-state index is 0.0168. The third-order valence-corrected chi connectivity index (χ3v) is 8.21. The lowest BCUT2D eigenvalue weighted by molar-refractivity contribution is -0.140. The predicted molar refractivity (Wildman–Crippen MR) is 162 cm³/mol. The molecular formula is C30H35Cl2N3O4S. The van der Waals surface area contributed by atoms with E-state index in [-0.39, 0.29) is 40.5 Å². The molecule has 40 heavy (non-hydrogen) atoms. The summed E-state index contributed by atoms with van der Waals surface area (Å²) in [6, 6.07) is 20.7. The zero-order valence-electron chi connectivity index (χ0n) is 23.1. The van der Waals surface area contributed by atoms with Gasteiger partial charge >= 0.3 is 0 Å². The Kier molecular flexibility index (Phi) is 11.0. The van der Waals surface area contributed by atoms with Gasteiger partial charge in [0.05, 0.1) is 22.0 Å². The van der Waals surface area contributed by atoms with Gasteiger partial charge in [-0.3, -0.25) is 13.9 Å². The van der Waals surface area contributed by atoms with Crippen LogP contribution in [0.1, 0.15) is 30.5 Å². The first-order chi connectivity index (χ1) is 18.9. The van der Waals surface area contributed by atoms with Gasteiger partial charge in [0.15, 0.2) is 0 Å². The smallest absolute Gasteiger partial charge is 0.244 e. The van der Waals surface area contributed by atoms with Gasteiger partial charge < -0.3 is 10.2 Å². The molecule has 7 nitrogen and oxygen atoms in total. The van der Waals surface area contributed by atoms with Gasteiger partial charge in [-0.15, -0.1) is 0 Å². The highest BCUT2D eigenvalue weighted by Crippen LogP contribution is 2.34. The van der Waals surface area contributed by atoms with E-state index < -0.39 is 28.5 Å². The topological polar surface area (TPSA) is 86.8 Å². The molecule has 1 N–H and O–H groups in total. The van der Waals surface area contributed by atoms with Crippen molar-refractivity contribution < 1.29 is 18.0 Å². The normalized spacial score (nSPS) is 12.2. The van der Waals surface area contributed by atoms with Gasteiger partial charge in [0.25, 0.3) is 0 Å². The molecule has 0 fully saturated rings. The van der Waals surface area contributed by atoms with Crippen LogP contribution < -0.4 is 9.62 Å². The molecule has 0 aliphatic rings. The summed E-state index contributed by atoms with van der Waals surface area (Å²) in [5.41, 5.74) is 2.77. The number of amides is 2. The maximum atomic E-state index is 14.1. The highest BCUT2D eigenvalue weighted by atomic mass is 35.5. The second-order valence-electron chi connectivity index (χ2n) is 10.2. The molecule has 10 heteroatoms. The molecule has 0 aromatic heterocycles. The Hall–Kier alpha value is -3.07. The molecule has 0 aliphatic heterocycles. The lowest BCUT2D eigenvalue weighted by Crippen LogP contribution is -2.53. The Morgan fingerprint density at radius 1 is 0.925 bits per heavy atom. The largest absolute Gasteiger partial charge is 0.354 e. The number of carbonyl (C=O) groups is 2. The Morgan fingerprint density at radius 2 is 1.57 bits per heavy atom. The average molecular weight is 605 g/mol. The first kappa shape index (κ1) is 31.5. The number of nitrogens with one attached hydrogen (secondary N) is 1. The number of benzene rings is 3. The van der Waals surface area contributed by atoms with Crippen LogP contribution in [0.25, 0.3) is 0 Å². The van der Waals surface area contributed by atoms with Gasteiger partial charge in [-0.2, -0.15) is 0 Å². The first-order valence-electron chi connectivity index (χ1n) is 12.9. The lowest BCUT2D eigenvalue weighted by Gasteiger charge is -2.34. The van der Waals surface area contributed by atoms with Crippen LogP contribution in [0.5, 0.6) is 0 Å². The number of hydrogen-bond donors (Lipinski definition) is 1. The lowest BCUT2D eigenvalue weighted by atomic mass is 10.0.